The van der Waals surface area contributed by atoms with Crippen molar-refractivity contribution in [1.82, 2.24) is 20.1 Å². The molecule has 0 aliphatic rings. The Morgan fingerprint density at radius 3 is 2.79 bits per heavy atom. The van der Waals surface area contributed by atoms with Crippen molar-refractivity contribution in [2.45, 2.75) is 26.9 Å². The summed E-state index contributed by atoms with van der Waals surface area (Å²) in [4.78, 5) is 4.48. The Morgan fingerprint density at radius 1 is 1.32 bits per heavy atom. The molecule has 2 aromatic rings. The van der Waals surface area contributed by atoms with Crippen molar-refractivity contribution >= 4 is 0 Å². The van der Waals surface area contributed by atoms with E-state index in [1.54, 1.807) is 7.11 Å². The molecular formula is C14H20N4O. The summed E-state index contributed by atoms with van der Waals surface area (Å²) >= 11 is 0. The van der Waals surface area contributed by atoms with Gasteiger partial charge in [-0.1, -0.05) is 0 Å². The molecule has 2 rings (SSSR count). The molecule has 0 aliphatic carbocycles. The van der Waals surface area contributed by atoms with Crippen LogP contribution in [-0.4, -0.2) is 28.9 Å². The number of hydrogen-bond acceptors (Lipinski definition) is 4. The Labute approximate surface area is 113 Å². The number of ether oxygens (including phenoxy) is 1. The minimum atomic E-state index is 0.659. The highest BCUT2D eigenvalue weighted by Gasteiger charge is 2.10. The molecule has 102 valence electrons. The molecule has 2 aromatic heterocycles. The highest BCUT2D eigenvalue weighted by Crippen LogP contribution is 2.24. The number of rotatable bonds is 5. The lowest BCUT2D eigenvalue weighted by atomic mass is 10.1. The second-order valence-corrected chi connectivity index (χ2v) is 4.62. The van der Waals surface area contributed by atoms with Crippen LogP contribution in [0, 0.1) is 13.8 Å². The SMILES string of the molecule is CNCc1cnn(Cc2ncc(C)c(OC)c2C)c1. The highest BCUT2D eigenvalue weighted by atomic mass is 16.5. The molecule has 0 saturated heterocycles. The van der Waals surface area contributed by atoms with E-state index in [0.29, 0.717) is 6.54 Å². The monoisotopic (exact) mass is 260 g/mol. The fourth-order valence-corrected chi connectivity index (χ4v) is 2.17. The van der Waals surface area contributed by atoms with Crippen molar-refractivity contribution in [3.63, 3.8) is 0 Å². The van der Waals surface area contributed by atoms with E-state index < -0.39 is 0 Å². The minimum Gasteiger partial charge on any atom is -0.496 e. The van der Waals surface area contributed by atoms with Gasteiger partial charge in [0.25, 0.3) is 0 Å². The molecule has 0 radical (unpaired) electrons. The Morgan fingerprint density at radius 2 is 2.11 bits per heavy atom. The first kappa shape index (κ1) is 13.5. The van der Waals surface area contributed by atoms with E-state index in [0.717, 1.165) is 29.1 Å². The maximum atomic E-state index is 5.42. The van der Waals surface area contributed by atoms with Gasteiger partial charge >= 0.3 is 0 Å². The van der Waals surface area contributed by atoms with Crippen LogP contribution in [-0.2, 0) is 13.1 Å². The van der Waals surface area contributed by atoms with Gasteiger partial charge in [-0.3, -0.25) is 9.67 Å². The number of pyridine rings is 1. The van der Waals surface area contributed by atoms with Crippen molar-refractivity contribution < 1.29 is 4.74 Å². The van der Waals surface area contributed by atoms with Crippen LogP contribution in [0.2, 0.25) is 0 Å². The van der Waals surface area contributed by atoms with Crippen LogP contribution in [0.15, 0.2) is 18.6 Å². The summed E-state index contributed by atoms with van der Waals surface area (Å²) < 4.78 is 7.32. The summed E-state index contributed by atoms with van der Waals surface area (Å²) in [6.07, 6.45) is 5.75. The summed E-state index contributed by atoms with van der Waals surface area (Å²) in [5.74, 6) is 0.910. The molecule has 0 aliphatic heterocycles. The second kappa shape index (κ2) is 5.84. The van der Waals surface area contributed by atoms with E-state index in [9.17, 15) is 0 Å². The third-order valence-electron chi connectivity index (χ3n) is 3.13. The van der Waals surface area contributed by atoms with Gasteiger partial charge in [0, 0.05) is 35.6 Å². The predicted molar refractivity (Wildman–Crippen MR) is 74.4 cm³/mol. The average molecular weight is 260 g/mol. The van der Waals surface area contributed by atoms with E-state index in [2.05, 4.69) is 15.4 Å². The summed E-state index contributed by atoms with van der Waals surface area (Å²) in [5.41, 5.74) is 4.29. The fraction of sp³-hybridized carbons (Fsp3) is 0.429. The van der Waals surface area contributed by atoms with Gasteiger partial charge in [-0.25, -0.2) is 0 Å². The van der Waals surface area contributed by atoms with E-state index >= 15 is 0 Å². The maximum absolute atomic E-state index is 5.42. The van der Waals surface area contributed by atoms with Crippen LogP contribution < -0.4 is 10.1 Å². The van der Waals surface area contributed by atoms with Gasteiger partial charge in [-0.05, 0) is 20.9 Å². The third-order valence-corrected chi connectivity index (χ3v) is 3.13. The molecule has 1 N–H and O–H groups in total. The molecule has 5 nitrogen and oxygen atoms in total. The number of aryl methyl sites for hydroxylation is 1. The van der Waals surface area contributed by atoms with Crippen LogP contribution in [0.5, 0.6) is 5.75 Å². The molecule has 5 heteroatoms. The van der Waals surface area contributed by atoms with Crippen molar-refractivity contribution in [3.05, 3.63) is 41.0 Å². The van der Waals surface area contributed by atoms with E-state index in [-0.39, 0.29) is 0 Å². The molecule has 0 atom stereocenters. The average Bonchev–Trinajstić information content (AvgIpc) is 2.82. The molecule has 2 heterocycles. The quantitative estimate of drug-likeness (QED) is 0.888. The van der Waals surface area contributed by atoms with Crippen molar-refractivity contribution in [2.75, 3.05) is 14.2 Å². The smallest absolute Gasteiger partial charge is 0.128 e. The van der Waals surface area contributed by atoms with Gasteiger partial charge in [0.1, 0.15) is 5.75 Å². The van der Waals surface area contributed by atoms with E-state index in [1.165, 1.54) is 5.56 Å². The molecule has 0 amide bonds. The van der Waals surface area contributed by atoms with Crippen LogP contribution in [0.1, 0.15) is 22.4 Å². The summed E-state index contributed by atoms with van der Waals surface area (Å²) in [5, 5.41) is 7.45. The van der Waals surface area contributed by atoms with Crippen molar-refractivity contribution in [1.29, 1.82) is 0 Å². The topological polar surface area (TPSA) is 52.0 Å². The Hall–Kier alpha value is -1.88. The fourth-order valence-electron chi connectivity index (χ4n) is 2.17. The third kappa shape index (κ3) is 2.93. The number of nitrogens with one attached hydrogen (secondary N) is 1. The standard InChI is InChI=1S/C14H20N4O/c1-10-5-16-13(11(2)14(10)19-4)9-18-8-12(6-15-3)7-17-18/h5,7-8,15H,6,9H2,1-4H3. The van der Waals surface area contributed by atoms with Crippen LogP contribution in [0.4, 0.5) is 0 Å². The number of nitrogens with zero attached hydrogens (tertiary/aromatic N) is 3. The van der Waals surface area contributed by atoms with Crippen LogP contribution in [0.25, 0.3) is 0 Å². The molecular weight excluding hydrogens is 240 g/mol. The molecule has 19 heavy (non-hydrogen) atoms. The lowest BCUT2D eigenvalue weighted by Crippen LogP contribution is -2.07. The van der Waals surface area contributed by atoms with Crippen LogP contribution in [0.3, 0.4) is 0 Å². The second-order valence-electron chi connectivity index (χ2n) is 4.62. The minimum absolute atomic E-state index is 0.659. The van der Waals surface area contributed by atoms with Gasteiger partial charge in [0.05, 0.1) is 25.5 Å². The van der Waals surface area contributed by atoms with Crippen molar-refractivity contribution in [3.8, 4) is 5.75 Å². The first-order valence-electron chi connectivity index (χ1n) is 6.30. The molecule has 0 saturated carbocycles. The highest BCUT2D eigenvalue weighted by molar-refractivity contribution is 5.41. The predicted octanol–water partition coefficient (Wildman–Crippen LogP) is 1.67. The Bertz CT molecular complexity index is 563. The first-order valence-corrected chi connectivity index (χ1v) is 6.30. The van der Waals surface area contributed by atoms with Crippen molar-refractivity contribution in [2.24, 2.45) is 0 Å². The number of hydrogen-bond donors (Lipinski definition) is 1. The molecule has 0 fully saturated rings. The van der Waals surface area contributed by atoms with E-state index in [4.69, 9.17) is 4.74 Å². The maximum Gasteiger partial charge on any atom is 0.128 e. The Balaban J connectivity index is 2.23. The van der Waals surface area contributed by atoms with E-state index in [1.807, 2.05) is 44.2 Å². The first-order chi connectivity index (χ1) is 9.15. The summed E-state index contributed by atoms with van der Waals surface area (Å²) in [6.45, 7) is 5.52. The number of methoxy groups -OCH3 is 1. The lowest BCUT2D eigenvalue weighted by molar-refractivity contribution is 0.406. The van der Waals surface area contributed by atoms with Gasteiger partial charge in [0.2, 0.25) is 0 Å². The zero-order valence-corrected chi connectivity index (χ0v) is 11.9. The summed E-state index contributed by atoms with van der Waals surface area (Å²) in [6, 6.07) is 0. The molecule has 0 unspecified atom stereocenters. The van der Waals surface area contributed by atoms with Gasteiger partial charge in [-0.2, -0.15) is 5.10 Å². The molecule has 0 spiro atoms. The Kier molecular flexibility index (Phi) is 4.16. The van der Waals surface area contributed by atoms with Gasteiger partial charge < -0.3 is 10.1 Å². The van der Waals surface area contributed by atoms with Crippen LogP contribution >= 0.6 is 0 Å². The van der Waals surface area contributed by atoms with Gasteiger partial charge in [0.15, 0.2) is 0 Å². The molecule has 0 bridgehead atoms. The molecule has 0 aromatic carbocycles. The summed E-state index contributed by atoms with van der Waals surface area (Å²) in [7, 11) is 3.62. The normalized spacial score (nSPS) is 10.7. The number of aromatic nitrogens is 3. The lowest BCUT2D eigenvalue weighted by Gasteiger charge is -2.12. The largest absolute Gasteiger partial charge is 0.496 e. The zero-order valence-electron chi connectivity index (χ0n) is 11.9. The zero-order chi connectivity index (χ0) is 13.8. The van der Waals surface area contributed by atoms with Gasteiger partial charge in [-0.15, -0.1) is 0 Å².